The van der Waals surface area contributed by atoms with Crippen molar-refractivity contribution >= 4 is 27.3 Å². The highest BCUT2D eigenvalue weighted by molar-refractivity contribution is 7.91. The van der Waals surface area contributed by atoms with Crippen LogP contribution in [0.3, 0.4) is 0 Å². The number of hydrogen-bond donors (Lipinski definition) is 1. The van der Waals surface area contributed by atoms with E-state index in [1.54, 1.807) is 34.6 Å². The molecule has 1 N–H and O–H groups in total. The maximum absolute atomic E-state index is 12.8. The summed E-state index contributed by atoms with van der Waals surface area (Å²) < 4.78 is 38.0. The van der Waals surface area contributed by atoms with Gasteiger partial charge in [-0.1, -0.05) is 6.92 Å². The van der Waals surface area contributed by atoms with E-state index < -0.39 is 10.0 Å². The highest BCUT2D eigenvalue weighted by atomic mass is 32.2. The molecule has 0 spiro atoms. The Morgan fingerprint density at radius 3 is 2.71 bits per heavy atom. The molecule has 9 heteroatoms. The summed E-state index contributed by atoms with van der Waals surface area (Å²) in [5, 5.41) is 2.82. The zero-order valence-electron chi connectivity index (χ0n) is 15.5. The maximum atomic E-state index is 12.8. The predicted octanol–water partition coefficient (Wildman–Crippen LogP) is 2.83. The number of ether oxygens (including phenoxy) is 2. The number of carbonyl (C=O) groups excluding carboxylic acids is 1. The number of carbonyl (C=O) groups is 1. The summed E-state index contributed by atoms with van der Waals surface area (Å²) in [6, 6.07) is 8.39. The summed E-state index contributed by atoms with van der Waals surface area (Å²) in [5.74, 6) is 1.49. The van der Waals surface area contributed by atoms with Gasteiger partial charge in [0, 0.05) is 23.5 Å². The molecule has 0 aliphatic carbocycles. The first-order valence-electron chi connectivity index (χ1n) is 9.20. The van der Waals surface area contributed by atoms with Crippen molar-refractivity contribution in [3.8, 4) is 11.5 Å². The molecule has 2 aromatic rings. The van der Waals surface area contributed by atoms with Gasteiger partial charge in [-0.25, -0.2) is 8.42 Å². The number of piperidine rings is 1. The van der Waals surface area contributed by atoms with Crippen LogP contribution in [0, 0.1) is 5.92 Å². The monoisotopic (exact) mass is 422 g/mol. The SMILES string of the molecule is CC1CCN(S(=O)(=O)c2ccc(CNC(=O)c3ccc4c(c3)OCO4)s2)CC1. The first kappa shape index (κ1) is 19.2. The largest absolute Gasteiger partial charge is 0.454 e. The van der Waals surface area contributed by atoms with Crippen molar-refractivity contribution in [2.75, 3.05) is 19.9 Å². The molecule has 4 rings (SSSR count). The zero-order chi connectivity index (χ0) is 19.7. The minimum absolute atomic E-state index is 0.156. The van der Waals surface area contributed by atoms with Crippen LogP contribution < -0.4 is 14.8 Å². The summed E-state index contributed by atoms with van der Waals surface area (Å²) in [5.41, 5.74) is 0.469. The van der Waals surface area contributed by atoms with Crippen molar-refractivity contribution in [3.63, 3.8) is 0 Å². The Bertz CT molecular complexity index is 978. The average Bonchev–Trinajstić information content (AvgIpc) is 3.35. The van der Waals surface area contributed by atoms with E-state index >= 15 is 0 Å². The summed E-state index contributed by atoms with van der Waals surface area (Å²) in [4.78, 5) is 13.2. The van der Waals surface area contributed by atoms with Crippen LogP contribution in [0.4, 0.5) is 0 Å². The molecule has 150 valence electrons. The van der Waals surface area contributed by atoms with Crippen molar-refractivity contribution in [1.29, 1.82) is 0 Å². The molecule has 3 heterocycles. The fraction of sp³-hybridized carbons (Fsp3) is 0.421. The van der Waals surface area contributed by atoms with Gasteiger partial charge in [0.2, 0.25) is 6.79 Å². The van der Waals surface area contributed by atoms with Gasteiger partial charge in [0.25, 0.3) is 15.9 Å². The van der Waals surface area contributed by atoms with Crippen LogP contribution >= 0.6 is 11.3 Å². The second-order valence-electron chi connectivity index (χ2n) is 7.06. The van der Waals surface area contributed by atoms with Crippen molar-refractivity contribution in [2.24, 2.45) is 5.92 Å². The molecule has 2 aliphatic rings. The maximum Gasteiger partial charge on any atom is 0.252 e. The summed E-state index contributed by atoms with van der Waals surface area (Å²) in [6.07, 6.45) is 1.78. The van der Waals surface area contributed by atoms with E-state index in [-0.39, 0.29) is 19.2 Å². The van der Waals surface area contributed by atoms with Crippen LogP contribution in [0.15, 0.2) is 34.5 Å². The second kappa shape index (κ2) is 7.73. The summed E-state index contributed by atoms with van der Waals surface area (Å²) in [7, 11) is -3.45. The molecular weight excluding hydrogens is 400 g/mol. The van der Waals surface area contributed by atoms with E-state index in [1.165, 1.54) is 11.3 Å². The van der Waals surface area contributed by atoms with Gasteiger partial charge >= 0.3 is 0 Å². The number of thiophene rings is 1. The van der Waals surface area contributed by atoms with Gasteiger partial charge in [0.15, 0.2) is 11.5 Å². The van der Waals surface area contributed by atoms with Gasteiger partial charge in [0.1, 0.15) is 4.21 Å². The Morgan fingerprint density at radius 1 is 1.18 bits per heavy atom. The van der Waals surface area contributed by atoms with E-state index in [4.69, 9.17) is 9.47 Å². The van der Waals surface area contributed by atoms with Crippen molar-refractivity contribution in [2.45, 2.75) is 30.5 Å². The van der Waals surface area contributed by atoms with E-state index in [9.17, 15) is 13.2 Å². The van der Waals surface area contributed by atoms with E-state index in [0.717, 1.165) is 17.7 Å². The zero-order valence-corrected chi connectivity index (χ0v) is 17.1. The number of benzene rings is 1. The highest BCUT2D eigenvalue weighted by Gasteiger charge is 2.29. The van der Waals surface area contributed by atoms with Crippen LogP contribution in [-0.2, 0) is 16.6 Å². The molecule has 0 radical (unpaired) electrons. The minimum Gasteiger partial charge on any atom is -0.454 e. The highest BCUT2D eigenvalue weighted by Crippen LogP contribution is 2.32. The molecule has 1 saturated heterocycles. The number of sulfonamides is 1. The number of fused-ring (bicyclic) bond motifs is 1. The number of nitrogens with zero attached hydrogens (tertiary/aromatic N) is 1. The Kier molecular flexibility index (Phi) is 5.31. The third-order valence-electron chi connectivity index (χ3n) is 5.03. The van der Waals surface area contributed by atoms with E-state index in [1.807, 2.05) is 0 Å². The van der Waals surface area contributed by atoms with Gasteiger partial charge in [-0.05, 0) is 49.1 Å². The quantitative estimate of drug-likeness (QED) is 0.801. The van der Waals surface area contributed by atoms with Gasteiger partial charge in [0.05, 0.1) is 6.54 Å². The Balaban J connectivity index is 1.39. The summed E-state index contributed by atoms with van der Waals surface area (Å²) in [6.45, 7) is 3.71. The van der Waals surface area contributed by atoms with Gasteiger partial charge in [-0.15, -0.1) is 11.3 Å². The molecule has 0 bridgehead atoms. The molecule has 1 amide bonds. The predicted molar refractivity (Wildman–Crippen MR) is 105 cm³/mol. The molecule has 0 saturated carbocycles. The third-order valence-corrected chi connectivity index (χ3v) is 8.48. The lowest BCUT2D eigenvalue weighted by atomic mass is 10.0. The van der Waals surface area contributed by atoms with Crippen molar-refractivity contribution < 1.29 is 22.7 Å². The Hall–Kier alpha value is -2.10. The van der Waals surface area contributed by atoms with Crippen molar-refractivity contribution in [3.05, 3.63) is 40.8 Å². The van der Waals surface area contributed by atoms with Crippen molar-refractivity contribution in [1.82, 2.24) is 9.62 Å². The molecule has 28 heavy (non-hydrogen) atoms. The van der Waals surface area contributed by atoms with Crippen LogP contribution in [0.1, 0.15) is 35.0 Å². The molecule has 1 aromatic carbocycles. The fourth-order valence-corrected chi connectivity index (χ4v) is 6.17. The molecule has 1 fully saturated rings. The Morgan fingerprint density at radius 2 is 1.93 bits per heavy atom. The lowest BCUT2D eigenvalue weighted by Gasteiger charge is -2.28. The average molecular weight is 423 g/mol. The first-order valence-corrected chi connectivity index (χ1v) is 11.5. The minimum atomic E-state index is -3.45. The lowest BCUT2D eigenvalue weighted by molar-refractivity contribution is 0.0951. The summed E-state index contributed by atoms with van der Waals surface area (Å²) >= 11 is 1.20. The van der Waals surface area contributed by atoms with Crippen LogP contribution in [0.25, 0.3) is 0 Å². The third kappa shape index (κ3) is 3.87. The standard InChI is InChI=1S/C19H22N2O5S2/c1-13-6-8-21(9-7-13)28(23,24)18-5-3-15(27-18)11-20-19(22)14-2-4-16-17(10-14)26-12-25-16/h2-5,10,13H,6-9,11-12H2,1H3,(H,20,22). The number of nitrogens with one attached hydrogen (secondary N) is 1. The number of rotatable bonds is 5. The smallest absolute Gasteiger partial charge is 0.252 e. The topological polar surface area (TPSA) is 84.9 Å². The molecule has 0 atom stereocenters. The number of hydrogen-bond acceptors (Lipinski definition) is 6. The Labute approximate surface area is 168 Å². The van der Waals surface area contributed by atoms with Crippen LogP contribution in [-0.4, -0.2) is 38.5 Å². The van der Waals surface area contributed by atoms with Gasteiger partial charge in [-0.2, -0.15) is 4.31 Å². The van der Waals surface area contributed by atoms with Gasteiger partial charge in [-0.3, -0.25) is 4.79 Å². The molecule has 0 unspecified atom stereocenters. The van der Waals surface area contributed by atoms with E-state index in [0.29, 0.717) is 40.3 Å². The molecular formula is C19H22N2O5S2. The normalized spacial score (nSPS) is 17.6. The van der Waals surface area contributed by atoms with Crippen LogP contribution in [0.5, 0.6) is 11.5 Å². The first-order chi connectivity index (χ1) is 13.4. The molecule has 2 aliphatic heterocycles. The fourth-order valence-electron chi connectivity index (χ4n) is 3.25. The van der Waals surface area contributed by atoms with E-state index in [2.05, 4.69) is 12.2 Å². The molecule has 7 nitrogen and oxygen atoms in total. The number of amides is 1. The molecule has 1 aromatic heterocycles. The van der Waals surface area contributed by atoms with Gasteiger partial charge < -0.3 is 14.8 Å². The second-order valence-corrected chi connectivity index (χ2v) is 10.4. The lowest BCUT2D eigenvalue weighted by Crippen LogP contribution is -2.37. The van der Waals surface area contributed by atoms with Crippen LogP contribution in [0.2, 0.25) is 0 Å².